The maximum Gasteiger partial charge on any atom is 0.119 e. The van der Waals surface area contributed by atoms with Gasteiger partial charge in [-0.2, -0.15) is 0 Å². The molecule has 20 heavy (non-hydrogen) atoms. The minimum absolute atomic E-state index is 0.640. The zero-order valence-corrected chi connectivity index (χ0v) is 12.7. The summed E-state index contributed by atoms with van der Waals surface area (Å²) in [5, 5.41) is 0. The van der Waals surface area contributed by atoms with Crippen LogP contribution >= 0.6 is 0 Å². The van der Waals surface area contributed by atoms with Crippen LogP contribution < -0.4 is 9.64 Å². The summed E-state index contributed by atoms with van der Waals surface area (Å²) in [6, 6.07) is 8.32. The van der Waals surface area contributed by atoms with Gasteiger partial charge in [0.2, 0.25) is 0 Å². The van der Waals surface area contributed by atoms with Gasteiger partial charge in [0.1, 0.15) is 18.9 Å². The molecule has 0 aliphatic carbocycles. The number of ether oxygens (including phenoxy) is 2. The molecule has 3 nitrogen and oxygen atoms in total. The van der Waals surface area contributed by atoms with Gasteiger partial charge < -0.3 is 14.4 Å². The Hall–Kier alpha value is -1.06. The van der Waals surface area contributed by atoms with Gasteiger partial charge in [-0.25, -0.2) is 0 Å². The first-order valence-electron chi connectivity index (χ1n) is 8.01. The summed E-state index contributed by atoms with van der Waals surface area (Å²) in [4.78, 5) is 1.70. The fourth-order valence-corrected chi connectivity index (χ4v) is 2.66. The van der Waals surface area contributed by atoms with Crippen LogP contribution in [0, 0.1) is 0 Å². The molecule has 1 aliphatic rings. The highest BCUT2D eigenvalue weighted by Gasteiger charge is 2.12. The Balaban J connectivity index is 1.50. The zero-order chi connectivity index (χ0) is 14.0. The molecular weight excluding hydrogens is 250 g/mol. The highest BCUT2D eigenvalue weighted by molar-refractivity contribution is 5.27. The average Bonchev–Trinajstić information content (AvgIpc) is 2.52. The zero-order valence-electron chi connectivity index (χ0n) is 12.7. The number of benzene rings is 1. The van der Waals surface area contributed by atoms with Crippen LogP contribution in [-0.4, -0.2) is 39.5 Å². The maximum absolute atomic E-state index is 5.67. The lowest BCUT2D eigenvalue weighted by Gasteiger charge is -2.23. The molecule has 0 amide bonds. The standard InChI is InChI=1S/C17H27NO2/c1-2-16-6-8-17(9-7-16)20-15-14-19-13-12-18-10-4-3-5-11-18/h6-9H,2-5,10-15H2,1H3/p+1. The van der Waals surface area contributed by atoms with Gasteiger partial charge >= 0.3 is 0 Å². The molecule has 1 N–H and O–H groups in total. The van der Waals surface area contributed by atoms with Crippen LogP contribution in [-0.2, 0) is 11.2 Å². The maximum atomic E-state index is 5.67. The van der Waals surface area contributed by atoms with Crippen LogP contribution in [0.5, 0.6) is 5.75 Å². The Morgan fingerprint density at radius 1 is 0.950 bits per heavy atom. The molecule has 1 aliphatic heterocycles. The van der Waals surface area contributed by atoms with Gasteiger partial charge in [0, 0.05) is 0 Å². The molecule has 0 spiro atoms. The van der Waals surface area contributed by atoms with Gasteiger partial charge in [-0.15, -0.1) is 0 Å². The first kappa shape index (κ1) is 15.3. The summed E-state index contributed by atoms with van der Waals surface area (Å²) < 4.78 is 11.3. The third kappa shape index (κ3) is 5.51. The third-order valence-corrected chi connectivity index (χ3v) is 3.99. The lowest BCUT2D eigenvalue weighted by Crippen LogP contribution is -3.13. The van der Waals surface area contributed by atoms with E-state index in [-0.39, 0.29) is 0 Å². The van der Waals surface area contributed by atoms with E-state index in [0.29, 0.717) is 13.2 Å². The summed E-state index contributed by atoms with van der Waals surface area (Å²) in [6.07, 6.45) is 5.25. The van der Waals surface area contributed by atoms with Crippen LogP contribution in [0.4, 0.5) is 0 Å². The van der Waals surface area contributed by atoms with E-state index in [1.807, 2.05) is 12.1 Å². The van der Waals surface area contributed by atoms with Gasteiger partial charge in [0.15, 0.2) is 0 Å². The number of likely N-dealkylation sites (tertiary alicyclic amines) is 1. The molecule has 0 saturated carbocycles. The molecule has 0 aromatic heterocycles. The van der Waals surface area contributed by atoms with E-state index < -0.39 is 0 Å². The molecule has 0 atom stereocenters. The largest absolute Gasteiger partial charge is 0.491 e. The lowest BCUT2D eigenvalue weighted by atomic mass is 10.1. The molecule has 2 rings (SSSR count). The average molecular weight is 278 g/mol. The van der Waals surface area contributed by atoms with Crippen molar-refractivity contribution in [3.8, 4) is 5.75 Å². The van der Waals surface area contributed by atoms with Gasteiger partial charge in [-0.05, 0) is 43.4 Å². The molecule has 0 radical (unpaired) electrons. The van der Waals surface area contributed by atoms with Crippen molar-refractivity contribution < 1.29 is 14.4 Å². The van der Waals surface area contributed by atoms with E-state index in [1.165, 1.54) is 37.9 Å². The van der Waals surface area contributed by atoms with Crippen LogP contribution in [0.2, 0.25) is 0 Å². The van der Waals surface area contributed by atoms with Crippen molar-refractivity contribution in [1.82, 2.24) is 0 Å². The molecule has 0 bridgehead atoms. The normalized spacial score (nSPS) is 16.2. The second kappa shape index (κ2) is 8.98. The fourth-order valence-electron chi connectivity index (χ4n) is 2.66. The number of hydrogen-bond donors (Lipinski definition) is 1. The second-order valence-corrected chi connectivity index (χ2v) is 5.52. The first-order valence-corrected chi connectivity index (χ1v) is 8.01. The number of quaternary nitrogens is 1. The summed E-state index contributed by atoms with van der Waals surface area (Å²) in [7, 11) is 0. The van der Waals surface area contributed by atoms with Crippen molar-refractivity contribution in [3.05, 3.63) is 29.8 Å². The number of nitrogens with one attached hydrogen (secondary N) is 1. The monoisotopic (exact) mass is 278 g/mol. The van der Waals surface area contributed by atoms with Gasteiger partial charge in [0.05, 0.1) is 26.3 Å². The van der Waals surface area contributed by atoms with Crippen molar-refractivity contribution in [3.63, 3.8) is 0 Å². The highest BCUT2D eigenvalue weighted by Crippen LogP contribution is 2.12. The second-order valence-electron chi connectivity index (χ2n) is 5.52. The molecule has 1 fully saturated rings. The van der Waals surface area contributed by atoms with Crippen molar-refractivity contribution >= 4 is 0 Å². The van der Waals surface area contributed by atoms with Gasteiger partial charge in [-0.3, -0.25) is 0 Å². The van der Waals surface area contributed by atoms with Crippen LogP contribution in [0.25, 0.3) is 0 Å². The Kier molecular flexibility index (Phi) is 6.89. The third-order valence-electron chi connectivity index (χ3n) is 3.99. The number of rotatable bonds is 8. The van der Waals surface area contributed by atoms with Crippen molar-refractivity contribution in [2.75, 3.05) is 39.5 Å². The molecule has 0 unspecified atom stereocenters. The summed E-state index contributed by atoms with van der Waals surface area (Å²) in [5.41, 5.74) is 1.35. The van der Waals surface area contributed by atoms with E-state index in [1.54, 1.807) is 4.90 Å². The fraction of sp³-hybridized carbons (Fsp3) is 0.647. The molecule has 112 valence electrons. The Labute approximate surface area is 122 Å². The summed E-state index contributed by atoms with van der Waals surface area (Å²) in [5.74, 6) is 0.937. The molecule has 3 heteroatoms. The van der Waals surface area contributed by atoms with Gasteiger partial charge in [-0.1, -0.05) is 19.1 Å². The van der Waals surface area contributed by atoms with Gasteiger partial charge in [0.25, 0.3) is 0 Å². The minimum Gasteiger partial charge on any atom is -0.491 e. The number of aryl methyl sites for hydroxylation is 1. The Bertz CT molecular complexity index is 358. The van der Waals surface area contributed by atoms with Crippen molar-refractivity contribution in [1.29, 1.82) is 0 Å². The van der Waals surface area contributed by atoms with E-state index in [4.69, 9.17) is 9.47 Å². The molecule has 1 aromatic carbocycles. The predicted octanol–water partition coefficient (Wildman–Crippen LogP) is 1.71. The van der Waals surface area contributed by atoms with Crippen LogP contribution in [0.15, 0.2) is 24.3 Å². The molecule has 1 saturated heterocycles. The Morgan fingerprint density at radius 2 is 1.70 bits per heavy atom. The quantitative estimate of drug-likeness (QED) is 0.732. The number of piperidine rings is 1. The van der Waals surface area contributed by atoms with Crippen LogP contribution in [0.3, 0.4) is 0 Å². The predicted molar refractivity (Wildman–Crippen MR) is 81.5 cm³/mol. The topological polar surface area (TPSA) is 22.9 Å². The highest BCUT2D eigenvalue weighted by atomic mass is 16.5. The number of hydrogen-bond acceptors (Lipinski definition) is 2. The SMILES string of the molecule is CCc1ccc(OCCOCC[NH+]2CCCCC2)cc1. The Morgan fingerprint density at radius 3 is 2.40 bits per heavy atom. The van der Waals surface area contributed by atoms with E-state index in [2.05, 4.69) is 19.1 Å². The smallest absolute Gasteiger partial charge is 0.119 e. The lowest BCUT2D eigenvalue weighted by molar-refractivity contribution is -0.905. The van der Waals surface area contributed by atoms with E-state index >= 15 is 0 Å². The van der Waals surface area contributed by atoms with E-state index in [9.17, 15) is 0 Å². The molecule has 1 aromatic rings. The minimum atomic E-state index is 0.640. The van der Waals surface area contributed by atoms with Crippen molar-refractivity contribution in [2.45, 2.75) is 32.6 Å². The summed E-state index contributed by atoms with van der Waals surface area (Å²) >= 11 is 0. The van der Waals surface area contributed by atoms with Crippen molar-refractivity contribution in [2.24, 2.45) is 0 Å². The van der Waals surface area contributed by atoms with E-state index in [0.717, 1.165) is 25.3 Å². The molecule has 1 heterocycles. The van der Waals surface area contributed by atoms with Crippen LogP contribution in [0.1, 0.15) is 31.7 Å². The first-order chi connectivity index (χ1) is 9.88. The molecular formula is C17H28NO2+. The summed E-state index contributed by atoms with van der Waals surface area (Å²) in [6.45, 7) is 8.13.